The number of H-pyrrole nitrogens is 1. The number of aromatic amines is 1. The molecule has 2 aromatic heterocycles. The molecule has 8 heteroatoms. The molecule has 0 radical (unpaired) electrons. The third-order valence-electron chi connectivity index (χ3n) is 5.40. The van der Waals surface area contributed by atoms with Crippen LogP contribution in [0.15, 0.2) is 48.9 Å². The predicted octanol–water partition coefficient (Wildman–Crippen LogP) is 4.91. The summed E-state index contributed by atoms with van der Waals surface area (Å²) in [5.74, 6) is 0.342. The molecule has 2 heterocycles. The number of hydrogen-bond acceptors (Lipinski definition) is 2. The lowest BCUT2D eigenvalue weighted by Crippen LogP contribution is -2.26. The zero-order valence-corrected chi connectivity index (χ0v) is 15.3. The normalized spacial score (nSPS) is 18.0. The highest BCUT2D eigenvalue weighted by atomic mass is 19.4. The first-order valence-electron chi connectivity index (χ1n) is 9.08. The van der Waals surface area contributed by atoms with E-state index in [1.165, 1.54) is 13.1 Å². The fourth-order valence-electron chi connectivity index (χ4n) is 3.46. The molecule has 0 aliphatic heterocycles. The zero-order chi connectivity index (χ0) is 20.0. The van der Waals surface area contributed by atoms with E-state index in [1.807, 2.05) is 0 Å². The van der Waals surface area contributed by atoms with Gasteiger partial charge in [0.15, 0.2) is 0 Å². The number of alkyl halides is 4. The van der Waals surface area contributed by atoms with Gasteiger partial charge in [0.25, 0.3) is 0 Å². The smallest absolute Gasteiger partial charge is 0.346 e. The van der Waals surface area contributed by atoms with Crippen LogP contribution < -0.4 is 0 Å². The van der Waals surface area contributed by atoms with E-state index >= 15 is 4.39 Å². The number of hydrogen-bond donors (Lipinski definition) is 1. The summed E-state index contributed by atoms with van der Waals surface area (Å²) in [6.07, 6.45) is 0.704. The van der Waals surface area contributed by atoms with Gasteiger partial charge in [0, 0.05) is 37.1 Å². The zero-order valence-electron chi connectivity index (χ0n) is 15.3. The molecule has 3 aromatic rings. The second-order valence-corrected chi connectivity index (χ2v) is 7.68. The number of benzene rings is 1. The molecular weight excluding hydrogens is 372 g/mol. The lowest BCUT2D eigenvalue weighted by Gasteiger charge is -2.20. The maximum absolute atomic E-state index is 15.3. The van der Waals surface area contributed by atoms with Crippen LogP contribution >= 0.6 is 0 Å². The van der Waals surface area contributed by atoms with Crippen LogP contribution in [0.2, 0.25) is 0 Å². The summed E-state index contributed by atoms with van der Waals surface area (Å²) in [5.41, 5.74) is -1.67. The highest BCUT2D eigenvalue weighted by Crippen LogP contribution is 2.59. The van der Waals surface area contributed by atoms with Gasteiger partial charge < -0.3 is 4.98 Å². The maximum Gasteiger partial charge on any atom is 0.394 e. The summed E-state index contributed by atoms with van der Waals surface area (Å²) in [6, 6.07) is 8.71. The van der Waals surface area contributed by atoms with Crippen LogP contribution in [-0.4, -0.2) is 25.9 Å². The number of nitrogens with zero attached hydrogens (tertiary/aromatic N) is 3. The van der Waals surface area contributed by atoms with Crippen molar-refractivity contribution in [3.05, 3.63) is 66.0 Å². The lowest BCUT2D eigenvalue weighted by molar-refractivity contribution is -0.186. The summed E-state index contributed by atoms with van der Waals surface area (Å²) in [6.45, 7) is 1.44. The first kappa shape index (κ1) is 18.7. The molecule has 4 rings (SSSR count). The van der Waals surface area contributed by atoms with Gasteiger partial charge in [-0.05, 0) is 43.5 Å². The Bertz CT molecular complexity index is 936. The van der Waals surface area contributed by atoms with Gasteiger partial charge in [-0.15, -0.1) is 0 Å². The van der Waals surface area contributed by atoms with Crippen LogP contribution in [0, 0.1) is 5.41 Å². The van der Waals surface area contributed by atoms with Gasteiger partial charge in [0.2, 0.25) is 0 Å². The van der Waals surface area contributed by atoms with E-state index in [4.69, 9.17) is 0 Å². The van der Waals surface area contributed by atoms with Crippen LogP contribution in [0.4, 0.5) is 17.6 Å². The number of nitrogens with one attached hydrogen (secondary N) is 1. The molecule has 0 spiro atoms. The molecule has 1 fully saturated rings. The minimum atomic E-state index is -4.22. The van der Waals surface area contributed by atoms with Gasteiger partial charge >= 0.3 is 6.18 Å². The van der Waals surface area contributed by atoms with E-state index in [0.29, 0.717) is 17.1 Å². The summed E-state index contributed by atoms with van der Waals surface area (Å²) in [4.78, 5) is 6.98. The molecule has 1 aliphatic rings. The third kappa shape index (κ3) is 3.55. The molecular formula is C20H20F4N4. The Morgan fingerprint density at radius 3 is 2.43 bits per heavy atom. The molecule has 1 N–H and O–H groups in total. The molecule has 1 aromatic carbocycles. The van der Waals surface area contributed by atoms with Crippen molar-refractivity contribution < 1.29 is 17.6 Å². The van der Waals surface area contributed by atoms with Gasteiger partial charge in [-0.1, -0.05) is 12.1 Å². The van der Waals surface area contributed by atoms with Gasteiger partial charge in [-0.2, -0.15) is 18.3 Å². The summed E-state index contributed by atoms with van der Waals surface area (Å²) >= 11 is 0. The summed E-state index contributed by atoms with van der Waals surface area (Å²) < 4.78 is 56.3. The number of halogens is 4. The topological polar surface area (TPSA) is 46.5 Å². The van der Waals surface area contributed by atoms with E-state index in [0.717, 1.165) is 5.69 Å². The van der Waals surface area contributed by atoms with Gasteiger partial charge in [0.1, 0.15) is 11.5 Å². The molecule has 1 unspecified atom stereocenters. The maximum atomic E-state index is 15.3. The van der Waals surface area contributed by atoms with Crippen LogP contribution in [0.5, 0.6) is 0 Å². The van der Waals surface area contributed by atoms with Crippen molar-refractivity contribution in [2.24, 2.45) is 5.41 Å². The molecule has 0 amide bonds. The van der Waals surface area contributed by atoms with E-state index in [2.05, 4.69) is 15.1 Å². The van der Waals surface area contributed by atoms with Gasteiger partial charge in [-0.3, -0.25) is 0 Å². The Morgan fingerprint density at radius 2 is 1.86 bits per heavy atom. The Hall–Kier alpha value is -2.64. The van der Waals surface area contributed by atoms with Crippen LogP contribution in [0.3, 0.4) is 0 Å². The van der Waals surface area contributed by atoms with Crippen molar-refractivity contribution in [3.8, 4) is 5.69 Å². The quantitative estimate of drug-likeness (QED) is 0.606. The second kappa shape index (κ2) is 6.46. The number of rotatable bonds is 6. The Balaban J connectivity index is 1.46. The van der Waals surface area contributed by atoms with Crippen LogP contribution in [-0.2, 0) is 18.5 Å². The monoisotopic (exact) mass is 392 g/mol. The number of aromatic nitrogens is 4. The highest BCUT2D eigenvalue weighted by molar-refractivity contribution is 5.36. The minimum Gasteiger partial charge on any atom is -0.346 e. The van der Waals surface area contributed by atoms with E-state index < -0.39 is 17.3 Å². The Morgan fingerprint density at radius 1 is 1.14 bits per heavy atom. The minimum absolute atomic E-state index is 0.0485. The van der Waals surface area contributed by atoms with Crippen molar-refractivity contribution >= 4 is 0 Å². The SMILES string of the molecule is CC(F)(Cc1ncc(CC2(C(F)(F)F)CC2)[nH]1)c1ccc(-n2cccn2)cc1. The molecule has 1 saturated carbocycles. The third-order valence-corrected chi connectivity index (χ3v) is 5.40. The molecule has 0 bridgehead atoms. The van der Waals surface area contributed by atoms with Crippen molar-refractivity contribution in [3.63, 3.8) is 0 Å². The highest BCUT2D eigenvalue weighted by Gasteiger charge is 2.62. The number of imidazole rings is 1. The second-order valence-electron chi connectivity index (χ2n) is 7.68. The molecule has 0 saturated heterocycles. The first-order valence-corrected chi connectivity index (χ1v) is 9.08. The van der Waals surface area contributed by atoms with E-state index in [1.54, 1.807) is 47.4 Å². The standard InChI is InChI=1S/C20H20F4N4/c1-18(21,14-3-5-16(6-4-14)28-10-2-9-26-28)12-17-25-13-15(27-17)11-19(7-8-19)20(22,23)24/h2-6,9-10,13H,7-8,11-12H2,1H3,(H,25,27). The largest absolute Gasteiger partial charge is 0.394 e. The Labute approximate surface area is 159 Å². The van der Waals surface area contributed by atoms with Crippen molar-refractivity contribution in [2.75, 3.05) is 0 Å². The lowest BCUT2D eigenvalue weighted by atomic mass is 9.94. The molecule has 4 nitrogen and oxygen atoms in total. The molecule has 1 aliphatic carbocycles. The predicted molar refractivity (Wildman–Crippen MR) is 95.7 cm³/mol. The van der Waals surface area contributed by atoms with Crippen LogP contribution in [0.1, 0.15) is 36.8 Å². The fourth-order valence-corrected chi connectivity index (χ4v) is 3.46. The first-order chi connectivity index (χ1) is 13.2. The Kier molecular flexibility index (Phi) is 4.32. The van der Waals surface area contributed by atoms with Crippen molar-refractivity contribution in [2.45, 2.75) is 44.5 Å². The fraction of sp³-hybridized carbons (Fsp3) is 0.400. The molecule has 28 heavy (non-hydrogen) atoms. The molecule has 1 atom stereocenters. The van der Waals surface area contributed by atoms with Gasteiger partial charge in [-0.25, -0.2) is 14.1 Å². The van der Waals surface area contributed by atoms with Crippen molar-refractivity contribution in [1.82, 2.24) is 19.7 Å². The average Bonchev–Trinajstić information content (AvgIpc) is 3.04. The van der Waals surface area contributed by atoms with Crippen molar-refractivity contribution in [1.29, 1.82) is 0 Å². The summed E-state index contributed by atoms with van der Waals surface area (Å²) in [5, 5.41) is 4.13. The van der Waals surface area contributed by atoms with Crippen LogP contribution in [0.25, 0.3) is 5.69 Å². The average molecular weight is 392 g/mol. The van der Waals surface area contributed by atoms with E-state index in [9.17, 15) is 13.2 Å². The van der Waals surface area contributed by atoms with E-state index in [-0.39, 0.29) is 25.7 Å². The molecule has 148 valence electrons. The summed E-state index contributed by atoms with van der Waals surface area (Å²) in [7, 11) is 0. The van der Waals surface area contributed by atoms with Gasteiger partial charge in [0.05, 0.1) is 11.1 Å².